The number of sulfonamides is 1. The smallest absolute Gasteiger partial charge is 0.264 e. The van der Waals surface area contributed by atoms with E-state index in [0.29, 0.717) is 16.9 Å². The molecule has 168 valence electrons. The minimum absolute atomic E-state index is 0.0458. The SMILES string of the molecule is Cc1cccc(N(C)S(=O)(=O)c2ccc3[nH]cc(C(=O)NCc4ccccn4)c(=O)c3c2)c1. The first-order chi connectivity index (χ1) is 15.8. The van der Waals surface area contributed by atoms with Gasteiger partial charge in [-0.3, -0.25) is 18.9 Å². The number of amides is 1. The van der Waals surface area contributed by atoms with E-state index in [4.69, 9.17) is 0 Å². The highest BCUT2D eigenvalue weighted by Crippen LogP contribution is 2.24. The first-order valence-corrected chi connectivity index (χ1v) is 11.6. The van der Waals surface area contributed by atoms with Crippen molar-refractivity contribution in [2.24, 2.45) is 0 Å². The summed E-state index contributed by atoms with van der Waals surface area (Å²) in [5, 5.41) is 2.77. The molecule has 0 spiro atoms. The van der Waals surface area contributed by atoms with Crippen molar-refractivity contribution < 1.29 is 13.2 Å². The van der Waals surface area contributed by atoms with Gasteiger partial charge in [-0.05, 0) is 55.0 Å². The summed E-state index contributed by atoms with van der Waals surface area (Å²) < 4.78 is 27.6. The highest BCUT2D eigenvalue weighted by Gasteiger charge is 2.23. The molecule has 0 radical (unpaired) electrons. The number of anilines is 1. The molecule has 0 fully saturated rings. The zero-order valence-electron chi connectivity index (χ0n) is 18.1. The van der Waals surface area contributed by atoms with Crippen molar-refractivity contribution in [1.82, 2.24) is 15.3 Å². The molecule has 0 aliphatic heterocycles. The van der Waals surface area contributed by atoms with Crippen molar-refractivity contribution in [2.75, 3.05) is 11.4 Å². The van der Waals surface area contributed by atoms with Crippen LogP contribution in [0.2, 0.25) is 0 Å². The highest BCUT2D eigenvalue weighted by atomic mass is 32.2. The number of nitrogens with one attached hydrogen (secondary N) is 2. The highest BCUT2D eigenvalue weighted by molar-refractivity contribution is 7.92. The number of nitrogens with zero attached hydrogens (tertiary/aromatic N) is 2. The number of hydrogen-bond acceptors (Lipinski definition) is 5. The van der Waals surface area contributed by atoms with Crippen molar-refractivity contribution in [1.29, 1.82) is 0 Å². The van der Waals surface area contributed by atoms with Crippen LogP contribution in [0.5, 0.6) is 0 Å². The number of aromatic amines is 1. The monoisotopic (exact) mass is 462 g/mol. The lowest BCUT2D eigenvalue weighted by Crippen LogP contribution is -2.29. The van der Waals surface area contributed by atoms with E-state index >= 15 is 0 Å². The predicted octanol–water partition coefficient (Wildman–Crippen LogP) is 2.99. The summed E-state index contributed by atoms with van der Waals surface area (Å²) in [6, 6.07) is 16.7. The number of rotatable bonds is 6. The van der Waals surface area contributed by atoms with Crippen LogP contribution < -0.4 is 15.1 Å². The molecule has 0 saturated heterocycles. The second kappa shape index (κ2) is 8.87. The van der Waals surface area contributed by atoms with Crippen LogP contribution in [0.25, 0.3) is 10.9 Å². The second-order valence-corrected chi connectivity index (χ2v) is 9.52. The van der Waals surface area contributed by atoms with Crippen LogP contribution in [0.3, 0.4) is 0 Å². The van der Waals surface area contributed by atoms with E-state index in [1.54, 1.807) is 42.6 Å². The molecule has 0 saturated carbocycles. The lowest BCUT2D eigenvalue weighted by molar-refractivity contribution is 0.0949. The van der Waals surface area contributed by atoms with Gasteiger partial charge in [-0.1, -0.05) is 18.2 Å². The van der Waals surface area contributed by atoms with Gasteiger partial charge in [-0.2, -0.15) is 0 Å². The average Bonchev–Trinajstić information content (AvgIpc) is 2.82. The number of carbonyl (C=O) groups excluding carboxylic acids is 1. The van der Waals surface area contributed by atoms with Crippen LogP contribution in [0.4, 0.5) is 5.69 Å². The number of fused-ring (bicyclic) bond motifs is 1. The molecule has 4 rings (SSSR count). The molecular formula is C24H22N4O4S. The molecule has 4 aromatic rings. The minimum Gasteiger partial charge on any atom is -0.360 e. The van der Waals surface area contributed by atoms with Crippen molar-refractivity contribution in [3.05, 3.63) is 100 Å². The van der Waals surface area contributed by atoms with E-state index in [2.05, 4.69) is 15.3 Å². The summed E-state index contributed by atoms with van der Waals surface area (Å²) >= 11 is 0. The van der Waals surface area contributed by atoms with Gasteiger partial charge in [0, 0.05) is 30.3 Å². The topological polar surface area (TPSA) is 112 Å². The van der Waals surface area contributed by atoms with Crippen molar-refractivity contribution in [3.8, 4) is 0 Å². The molecule has 8 nitrogen and oxygen atoms in total. The van der Waals surface area contributed by atoms with E-state index < -0.39 is 21.4 Å². The van der Waals surface area contributed by atoms with Crippen LogP contribution in [0.15, 0.2) is 82.7 Å². The largest absolute Gasteiger partial charge is 0.360 e. The summed E-state index contributed by atoms with van der Waals surface area (Å²) in [4.78, 5) is 32.6. The zero-order chi connectivity index (χ0) is 23.6. The number of H-pyrrole nitrogens is 1. The van der Waals surface area contributed by atoms with Gasteiger partial charge in [0.15, 0.2) is 0 Å². The lowest BCUT2D eigenvalue weighted by atomic mass is 10.1. The van der Waals surface area contributed by atoms with Crippen molar-refractivity contribution in [2.45, 2.75) is 18.4 Å². The normalized spacial score (nSPS) is 11.3. The predicted molar refractivity (Wildman–Crippen MR) is 127 cm³/mol. The summed E-state index contributed by atoms with van der Waals surface area (Å²) in [7, 11) is -2.47. The van der Waals surface area contributed by atoms with Crippen molar-refractivity contribution >= 4 is 32.5 Å². The van der Waals surface area contributed by atoms with E-state index in [9.17, 15) is 18.0 Å². The molecule has 0 aliphatic rings. The maximum Gasteiger partial charge on any atom is 0.264 e. The Bertz CT molecular complexity index is 1500. The third-order valence-electron chi connectivity index (χ3n) is 5.28. The molecule has 9 heteroatoms. The van der Waals surface area contributed by atoms with Crippen LogP contribution in [-0.2, 0) is 16.6 Å². The molecule has 2 aromatic carbocycles. The maximum atomic E-state index is 13.2. The van der Waals surface area contributed by atoms with Crippen LogP contribution >= 0.6 is 0 Å². The van der Waals surface area contributed by atoms with Gasteiger partial charge in [-0.15, -0.1) is 0 Å². The summed E-state index contributed by atoms with van der Waals surface area (Å²) in [6.45, 7) is 2.03. The summed E-state index contributed by atoms with van der Waals surface area (Å²) in [6.07, 6.45) is 2.94. The fourth-order valence-electron chi connectivity index (χ4n) is 3.42. The van der Waals surface area contributed by atoms with Crippen LogP contribution in [0, 0.1) is 6.92 Å². The number of benzene rings is 2. The molecule has 33 heavy (non-hydrogen) atoms. The van der Waals surface area contributed by atoms with Gasteiger partial charge >= 0.3 is 0 Å². The molecule has 0 atom stereocenters. The van der Waals surface area contributed by atoms with E-state index in [1.165, 1.54) is 35.7 Å². The molecule has 2 heterocycles. The Morgan fingerprint density at radius 2 is 1.91 bits per heavy atom. The Labute approximate surface area is 191 Å². The summed E-state index contributed by atoms with van der Waals surface area (Å²) in [5.74, 6) is -0.575. The first kappa shape index (κ1) is 22.2. The van der Waals surface area contributed by atoms with E-state index in [-0.39, 0.29) is 22.4 Å². The molecule has 0 aliphatic carbocycles. The lowest BCUT2D eigenvalue weighted by Gasteiger charge is -2.20. The van der Waals surface area contributed by atoms with E-state index in [1.807, 2.05) is 13.0 Å². The fourth-order valence-corrected chi connectivity index (χ4v) is 4.63. The quantitative estimate of drug-likeness (QED) is 0.458. The molecule has 2 aromatic heterocycles. The fraction of sp³-hybridized carbons (Fsp3) is 0.125. The van der Waals surface area contributed by atoms with Crippen LogP contribution in [-0.4, -0.2) is 31.3 Å². The van der Waals surface area contributed by atoms with Gasteiger partial charge < -0.3 is 10.3 Å². The van der Waals surface area contributed by atoms with Crippen LogP contribution in [0.1, 0.15) is 21.6 Å². The van der Waals surface area contributed by atoms with Gasteiger partial charge in [0.2, 0.25) is 5.43 Å². The third kappa shape index (κ3) is 4.49. The minimum atomic E-state index is -3.92. The molecule has 1 amide bonds. The van der Waals surface area contributed by atoms with Gasteiger partial charge in [0.1, 0.15) is 5.56 Å². The standard InChI is InChI=1S/C24H22N4O4S/c1-16-6-5-8-18(12-16)28(2)33(31,32)19-9-10-22-20(13-19)23(29)21(15-26-22)24(30)27-14-17-7-3-4-11-25-17/h3-13,15H,14H2,1-2H3,(H,26,29)(H,27,30). The first-order valence-electron chi connectivity index (χ1n) is 10.2. The Morgan fingerprint density at radius 1 is 1.09 bits per heavy atom. The number of aryl methyl sites for hydroxylation is 1. The molecular weight excluding hydrogens is 440 g/mol. The van der Waals surface area contributed by atoms with Gasteiger partial charge in [0.25, 0.3) is 15.9 Å². The Kier molecular flexibility index (Phi) is 5.97. The Balaban J connectivity index is 1.67. The second-order valence-electron chi connectivity index (χ2n) is 7.55. The third-order valence-corrected chi connectivity index (χ3v) is 7.06. The summed E-state index contributed by atoms with van der Waals surface area (Å²) in [5.41, 5.74) is 1.84. The van der Waals surface area contributed by atoms with Crippen molar-refractivity contribution in [3.63, 3.8) is 0 Å². The maximum absolute atomic E-state index is 13.2. The van der Waals surface area contributed by atoms with E-state index in [0.717, 1.165) is 5.56 Å². The number of hydrogen-bond donors (Lipinski definition) is 2. The zero-order valence-corrected chi connectivity index (χ0v) is 18.9. The number of carbonyl (C=O) groups is 1. The number of aromatic nitrogens is 2. The Morgan fingerprint density at radius 3 is 2.64 bits per heavy atom. The number of pyridine rings is 2. The molecule has 2 N–H and O–H groups in total. The van der Waals surface area contributed by atoms with Gasteiger partial charge in [-0.25, -0.2) is 8.42 Å². The van der Waals surface area contributed by atoms with Gasteiger partial charge in [0.05, 0.1) is 22.8 Å². The molecule has 0 bridgehead atoms. The average molecular weight is 463 g/mol. The Hall–Kier alpha value is -3.98. The molecule has 0 unspecified atom stereocenters.